The van der Waals surface area contributed by atoms with Crippen LogP contribution in [-0.2, 0) is 21.4 Å². The van der Waals surface area contributed by atoms with E-state index in [1.807, 2.05) is 0 Å². The topological polar surface area (TPSA) is 85.5 Å². The summed E-state index contributed by atoms with van der Waals surface area (Å²) in [6.45, 7) is 2.14. The lowest BCUT2D eigenvalue weighted by atomic mass is 10.1. The third-order valence-corrected chi connectivity index (χ3v) is 6.20. The molecule has 1 aliphatic heterocycles. The maximum absolute atomic E-state index is 13.6. The van der Waals surface area contributed by atoms with Crippen LogP contribution >= 0.6 is 0 Å². The van der Waals surface area contributed by atoms with Gasteiger partial charge in [-0.25, -0.2) is 17.2 Å². The van der Waals surface area contributed by atoms with E-state index < -0.39 is 27.6 Å². The normalized spacial score (nSPS) is 25.6. The molecule has 0 bridgehead atoms. The highest BCUT2D eigenvalue weighted by molar-refractivity contribution is 7.89. The number of hydrogen-bond acceptors (Lipinski definition) is 6. The molecule has 2 aliphatic rings. The molecule has 0 aromatic carbocycles. The zero-order valence-electron chi connectivity index (χ0n) is 12.7. The molecule has 1 saturated carbocycles. The lowest BCUT2D eigenvalue weighted by Gasteiger charge is -2.38. The summed E-state index contributed by atoms with van der Waals surface area (Å²) in [6, 6.07) is 0. The molecule has 0 radical (unpaired) electrons. The second-order valence-corrected chi connectivity index (χ2v) is 8.13. The van der Waals surface area contributed by atoms with Crippen molar-refractivity contribution >= 4 is 10.0 Å². The predicted molar refractivity (Wildman–Crippen MR) is 75.3 cm³/mol. The summed E-state index contributed by atoms with van der Waals surface area (Å²) in [6.07, 6.45) is 0.141. The van der Waals surface area contributed by atoms with Gasteiger partial charge >= 0.3 is 0 Å². The number of aromatic nitrogens is 2. The van der Waals surface area contributed by atoms with E-state index in [0.29, 0.717) is 18.1 Å². The molecule has 1 unspecified atom stereocenters. The fraction of sp³-hybridized carbons (Fsp3) is 0.846. The molecule has 23 heavy (non-hydrogen) atoms. The van der Waals surface area contributed by atoms with Gasteiger partial charge in [-0.3, -0.25) is 0 Å². The van der Waals surface area contributed by atoms with Gasteiger partial charge in [-0.05, 0) is 19.8 Å². The Labute approximate surface area is 133 Å². The second kappa shape index (κ2) is 6.06. The first-order chi connectivity index (χ1) is 10.8. The standard InChI is InChI=1S/C13H19F2N3O4S/c1-9-16-12(22-17-9)7-21-11-5-18(6-11)23(19,20)8-10-3-2-4-13(10,14)15/h10-11H,2-8H2,1H3. The van der Waals surface area contributed by atoms with E-state index in [-0.39, 0.29) is 38.6 Å². The summed E-state index contributed by atoms with van der Waals surface area (Å²) >= 11 is 0. The van der Waals surface area contributed by atoms with Crippen LogP contribution in [0.1, 0.15) is 31.0 Å². The van der Waals surface area contributed by atoms with Crippen LogP contribution in [0.3, 0.4) is 0 Å². The quantitative estimate of drug-likeness (QED) is 0.769. The Kier molecular flexibility index (Phi) is 4.41. The van der Waals surface area contributed by atoms with Crippen LogP contribution in [0, 0.1) is 12.8 Å². The van der Waals surface area contributed by atoms with Crippen molar-refractivity contribution in [2.45, 2.75) is 44.8 Å². The Hall–Kier alpha value is -1.13. The number of hydrogen-bond donors (Lipinski definition) is 0. The average molecular weight is 351 g/mol. The third kappa shape index (κ3) is 3.69. The van der Waals surface area contributed by atoms with Gasteiger partial charge in [0.15, 0.2) is 5.82 Å². The third-order valence-electron chi connectivity index (χ3n) is 4.29. The number of halogens is 2. The maximum Gasteiger partial charge on any atom is 0.252 e. The monoisotopic (exact) mass is 351 g/mol. The molecule has 1 saturated heterocycles. The van der Waals surface area contributed by atoms with Crippen LogP contribution in [0.4, 0.5) is 8.78 Å². The molecule has 7 nitrogen and oxygen atoms in total. The lowest BCUT2D eigenvalue weighted by molar-refractivity contribution is -0.0411. The van der Waals surface area contributed by atoms with E-state index >= 15 is 0 Å². The van der Waals surface area contributed by atoms with Gasteiger partial charge < -0.3 is 9.26 Å². The average Bonchev–Trinajstić information content (AvgIpc) is 2.94. The molecule has 1 aliphatic carbocycles. The number of ether oxygens (including phenoxy) is 1. The Balaban J connectivity index is 1.46. The number of sulfonamides is 1. The Morgan fingerprint density at radius 1 is 1.43 bits per heavy atom. The van der Waals surface area contributed by atoms with Crippen molar-refractivity contribution in [2.75, 3.05) is 18.8 Å². The van der Waals surface area contributed by atoms with Crippen LogP contribution in [0.2, 0.25) is 0 Å². The van der Waals surface area contributed by atoms with Crippen molar-refractivity contribution < 1.29 is 26.5 Å². The zero-order valence-corrected chi connectivity index (χ0v) is 13.6. The van der Waals surface area contributed by atoms with E-state index in [9.17, 15) is 17.2 Å². The number of nitrogens with zero attached hydrogens (tertiary/aromatic N) is 3. The first kappa shape index (κ1) is 16.7. The van der Waals surface area contributed by atoms with Gasteiger partial charge in [-0.2, -0.15) is 9.29 Å². The van der Waals surface area contributed by atoms with Gasteiger partial charge in [-0.15, -0.1) is 0 Å². The highest BCUT2D eigenvalue weighted by atomic mass is 32.2. The summed E-state index contributed by atoms with van der Waals surface area (Å²) in [5, 5.41) is 3.62. The SMILES string of the molecule is Cc1noc(COC2CN(S(=O)(=O)CC3CCCC3(F)F)C2)n1. The lowest BCUT2D eigenvalue weighted by Crippen LogP contribution is -2.56. The van der Waals surface area contributed by atoms with Crippen molar-refractivity contribution in [1.82, 2.24) is 14.4 Å². The van der Waals surface area contributed by atoms with Crippen molar-refractivity contribution in [1.29, 1.82) is 0 Å². The second-order valence-electron chi connectivity index (χ2n) is 6.11. The smallest absolute Gasteiger partial charge is 0.252 e. The Morgan fingerprint density at radius 2 is 2.17 bits per heavy atom. The molecule has 1 aromatic rings. The summed E-state index contributed by atoms with van der Waals surface area (Å²) in [4.78, 5) is 3.98. The van der Waals surface area contributed by atoms with Crippen LogP contribution < -0.4 is 0 Å². The fourth-order valence-corrected chi connectivity index (χ4v) is 4.80. The first-order valence-corrected chi connectivity index (χ1v) is 9.13. The fourth-order valence-electron chi connectivity index (χ4n) is 2.89. The van der Waals surface area contributed by atoms with Crippen molar-refractivity contribution in [3.63, 3.8) is 0 Å². The molecule has 1 atom stereocenters. The number of aryl methyl sites for hydroxylation is 1. The van der Waals surface area contributed by atoms with Gasteiger partial charge in [0.05, 0.1) is 11.9 Å². The van der Waals surface area contributed by atoms with Crippen LogP contribution in [0.25, 0.3) is 0 Å². The van der Waals surface area contributed by atoms with E-state index in [2.05, 4.69) is 10.1 Å². The molecule has 0 N–H and O–H groups in total. The molecular weight excluding hydrogens is 332 g/mol. The van der Waals surface area contributed by atoms with Crippen molar-refractivity contribution in [3.8, 4) is 0 Å². The summed E-state index contributed by atoms with van der Waals surface area (Å²) < 4.78 is 63.1. The summed E-state index contributed by atoms with van der Waals surface area (Å²) in [7, 11) is -3.67. The predicted octanol–water partition coefficient (Wildman–Crippen LogP) is 1.34. The Bertz CT molecular complexity index is 658. The molecular formula is C13H19F2N3O4S. The van der Waals surface area contributed by atoms with E-state index in [0.717, 1.165) is 0 Å². The van der Waals surface area contributed by atoms with Crippen LogP contribution in [0.5, 0.6) is 0 Å². The number of rotatable bonds is 6. The molecule has 2 heterocycles. The molecule has 0 spiro atoms. The molecule has 0 amide bonds. The molecule has 2 fully saturated rings. The molecule has 3 rings (SSSR count). The van der Waals surface area contributed by atoms with Crippen LogP contribution in [0.15, 0.2) is 4.52 Å². The first-order valence-electron chi connectivity index (χ1n) is 7.53. The minimum absolute atomic E-state index is 0.111. The Morgan fingerprint density at radius 3 is 2.74 bits per heavy atom. The molecule has 130 valence electrons. The maximum atomic E-state index is 13.6. The van der Waals surface area contributed by atoms with Crippen LogP contribution in [-0.4, -0.2) is 53.7 Å². The summed E-state index contributed by atoms with van der Waals surface area (Å²) in [5.41, 5.74) is 0. The highest BCUT2D eigenvalue weighted by Crippen LogP contribution is 2.41. The van der Waals surface area contributed by atoms with Gasteiger partial charge in [0, 0.05) is 25.4 Å². The van der Waals surface area contributed by atoms with Gasteiger partial charge in [-0.1, -0.05) is 5.16 Å². The van der Waals surface area contributed by atoms with E-state index in [4.69, 9.17) is 9.26 Å². The largest absolute Gasteiger partial charge is 0.366 e. The van der Waals surface area contributed by atoms with Gasteiger partial charge in [0.1, 0.15) is 6.61 Å². The highest BCUT2D eigenvalue weighted by Gasteiger charge is 2.48. The van der Waals surface area contributed by atoms with Crippen molar-refractivity contribution in [3.05, 3.63) is 11.7 Å². The minimum atomic E-state index is -3.67. The molecule has 10 heteroatoms. The zero-order chi connectivity index (χ0) is 16.7. The summed E-state index contributed by atoms with van der Waals surface area (Å²) in [5.74, 6) is -3.61. The van der Waals surface area contributed by atoms with Gasteiger partial charge in [0.25, 0.3) is 11.8 Å². The van der Waals surface area contributed by atoms with Gasteiger partial charge in [0.2, 0.25) is 10.0 Å². The van der Waals surface area contributed by atoms with E-state index in [1.54, 1.807) is 6.92 Å². The molecule has 1 aromatic heterocycles. The number of alkyl halides is 2. The minimum Gasteiger partial charge on any atom is -0.366 e. The van der Waals surface area contributed by atoms with E-state index in [1.165, 1.54) is 4.31 Å². The van der Waals surface area contributed by atoms with Crippen molar-refractivity contribution in [2.24, 2.45) is 5.92 Å².